The van der Waals surface area contributed by atoms with Gasteiger partial charge >= 0.3 is 10.4 Å². The van der Waals surface area contributed by atoms with Gasteiger partial charge in [0.25, 0.3) is 12.4 Å². The second-order valence-corrected chi connectivity index (χ2v) is 15.6. The molecule has 5 heterocycles. The number of hydroxylamine groups is 2. The van der Waals surface area contributed by atoms with Gasteiger partial charge in [-0.15, -0.1) is 15.6 Å². The van der Waals surface area contributed by atoms with Gasteiger partial charge in [-0.1, -0.05) is 5.16 Å². The minimum Gasteiger partial charge on any atom is -0.490 e. The molecule has 6 rings (SSSR count). The molecular formula is C34H50N10O10S2. The van der Waals surface area contributed by atoms with Crippen molar-refractivity contribution in [1.29, 1.82) is 0 Å². The van der Waals surface area contributed by atoms with E-state index < -0.39 is 27.9 Å². The summed E-state index contributed by atoms with van der Waals surface area (Å²) in [5, 5.41) is 27.4. The molecule has 0 saturated carbocycles. The Labute approximate surface area is 329 Å². The van der Waals surface area contributed by atoms with E-state index in [1.807, 2.05) is 36.6 Å². The summed E-state index contributed by atoms with van der Waals surface area (Å²) in [4.78, 5) is 46.7. The second-order valence-electron chi connectivity index (χ2n) is 13.7. The molecule has 20 nitrogen and oxygen atoms in total. The van der Waals surface area contributed by atoms with Crippen molar-refractivity contribution in [2.45, 2.75) is 38.8 Å². The number of hydrogen-bond acceptors (Lipinski definition) is 17. The summed E-state index contributed by atoms with van der Waals surface area (Å²) in [5.41, 5.74) is 6.99. The first-order chi connectivity index (χ1) is 26.7. The fourth-order valence-corrected chi connectivity index (χ4v) is 6.98. The number of anilines is 2. The molecule has 56 heavy (non-hydrogen) atoms. The van der Waals surface area contributed by atoms with Crippen molar-refractivity contribution in [3.63, 3.8) is 0 Å². The number of carboxylic acid groups (broad SMARTS) is 1. The smallest absolute Gasteiger partial charge is 0.418 e. The quantitative estimate of drug-likeness (QED) is 0.0220. The van der Waals surface area contributed by atoms with Crippen LogP contribution in [0.3, 0.4) is 0 Å². The van der Waals surface area contributed by atoms with Crippen LogP contribution in [-0.4, -0.2) is 140 Å². The lowest BCUT2D eigenvalue weighted by Gasteiger charge is -2.50. The molecule has 0 bridgehead atoms. The lowest BCUT2D eigenvalue weighted by Crippen LogP contribution is -2.75. The third kappa shape index (κ3) is 13.2. The Morgan fingerprint density at radius 3 is 2.36 bits per heavy atom. The average molecular weight is 823 g/mol. The predicted octanol–water partition coefficient (Wildman–Crippen LogP) is 0.793. The molecule has 0 radical (unpaired) electrons. The van der Waals surface area contributed by atoms with Crippen molar-refractivity contribution in [2.75, 3.05) is 76.6 Å². The molecular weight excluding hydrogens is 773 g/mol. The zero-order valence-electron chi connectivity index (χ0n) is 31.4. The van der Waals surface area contributed by atoms with Crippen LogP contribution in [0.5, 0.6) is 5.75 Å². The number of ether oxygens (including phenoxy) is 1. The fraction of sp³-hybridized carbons (Fsp3) is 0.529. The standard InChI is InChI=1S/C27H38N8O2S.C6H10N2O6S.CH2O2/c1-19(25-18-38-27(28)33-25)34-37-10-9-36-23-4-5-24-22(11-23)3-6-26(32-24)31-7-2-8-35(16-20-12-29-13-20)17-21-14-30-15-21;1-6(2)4(7-3-9)5(10)8(6)14-15(11,12)13;2-1-3/h3-6,11,18,20-21,29-30H,2,7-10,12-17H2,1H3,(H2,28,33)(H,31,32);3-4H,1-2H3,(H,7,9)(H,11,12,13);1H,(H,2,3)/b34-19+;;. The highest BCUT2D eigenvalue weighted by Gasteiger charge is 2.57. The number of fused-ring (bicyclic) bond motifs is 1. The number of nitrogens with one attached hydrogen (secondary N) is 4. The van der Waals surface area contributed by atoms with Gasteiger partial charge in [0.2, 0.25) is 6.41 Å². The number of oxime groups is 1. The first kappa shape index (κ1) is 44.0. The van der Waals surface area contributed by atoms with Crippen LogP contribution in [0.25, 0.3) is 10.9 Å². The van der Waals surface area contributed by atoms with Gasteiger partial charge < -0.3 is 46.6 Å². The number of nitrogens with zero attached hydrogens (tertiary/aromatic N) is 5. The highest BCUT2D eigenvalue weighted by Crippen LogP contribution is 2.32. The summed E-state index contributed by atoms with van der Waals surface area (Å²) in [7, 11) is -4.74. The van der Waals surface area contributed by atoms with Gasteiger partial charge in [-0.25, -0.2) is 9.97 Å². The number of pyridine rings is 1. The lowest BCUT2D eigenvalue weighted by atomic mass is 9.85. The Bertz CT molecular complexity index is 1870. The second kappa shape index (κ2) is 21.0. The molecule has 1 aromatic carbocycles. The number of rotatable bonds is 19. The van der Waals surface area contributed by atoms with E-state index in [2.05, 4.69) is 46.7 Å². The van der Waals surface area contributed by atoms with Crippen LogP contribution in [0.4, 0.5) is 10.9 Å². The molecule has 3 saturated heterocycles. The van der Waals surface area contributed by atoms with E-state index in [0.717, 1.165) is 85.7 Å². The number of aromatic nitrogens is 2. The predicted molar refractivity (Wildman–Crippen MR) is 209 cm³/mol. The third-order valence-corrected chi connectivity index (χ3v) is 10.0. The van der Waals surface area contributed by atoms with Gasteiger partial charge in [0.1, 0.15) is 35.6 Å². The van der Waals surface area contributed by atoms with E-state index in [1.165, 1.54) is 38.3 Å². The van der Waals surface area contributed by atoms with Crippen molar-refractivity contribution < 1.29 is 46.3 Å². The molecule has 0 spiro atoms. The van der Waals surface area contributed by atoms with Crippen LogP contribution < -0.4 is 31.7 Å². The van der Waals surface area contributed by atoms with Gasteiger partial charge in [0, 0.05) is 56.6 Å². The maximum Gasteiger partial charge on any atom is 0.418 e. The molecule has 1 atom stereocenters. The average Bonchev–Trinajstić information content (AvgIpc) is 3.56. The number of nitrogens with two attached hydrogens (primary N) is 1. The number of hydrogen-bond donors (Lipinski definition) is 7. The van der Waals surface area contributed by atoms with Gasteiger partial charge in [0.05, 0.1) is 11.1 Å². The molecule has 2 aromatic heterocycles. The van der Waals surface area contributed by atoms with E-state index in [1.54, 1.807) is 0 Å². The molecule has 22 heteroatoms. The number of thiazole rings is 1. The number of benzene rings is 1. The van der Waals surface area contributed by atoms with Crippen molar-refractivity contribution >= 4 is 68.1 Å². The highest BCUT2D eigenvalue weighted by molar-refractivity contribution is 7.80. The van der Waals surface area contributed by atoms with Gasteiger partial charge in [-0.3, -0.25) is 18.9 Å². The minimum absolute atomic E-state index is 0.250. The number of amides is 2. The summed E-state index contributed by atoms with van der Waals surface area (Å²) >= 11 is 1.38. The Balaban J connectivity index is 0.000000323. The maximum absolute atomic E-state index is 11.2. The Morgan fingerprint density at radius 2 is 1.80 bits per heavy atom. The van der Waals surface area contributed by atoms with Crippen LogP contribution in [0.2, 0.25) is 0 Å². The Morgan fingerprint density at radius 1 is 1.12 bits per heavy atom. The zero-order valence-corrected chi connectivity index (χ0v) is 33.1. The first-order valence-corrected chi connectivity index (χ1v) is 20.1. The topological polar surface area (TPSA) is 272 Å². The summed E-state index contributed by atoms with van der Waals surface area (Å²) in [6.45, 7) is 14.4. The van der Waals surface area contributed by atoms with Crippen molar-refractivity contribution in [2.24, 2.45) is 17.0 Å². The zero-order chi connectivity index (χ0) is 40.7. The van der Waals surface area contributed by atoms with E-state index in [0.29, 0.717) is 35.5 Å². The van der Waals surface area contributed by atoms with Crippen molar-refractivity contribution in [3.05, 3.63) is 41.4 Å². The fourth-order valence-electron chi connectivity index (χ4n) is 5.92. The van der Waals surface area contributed by atoms with Gasteiger partial charge in [0.15, 0.2) is 11.7 Å². The summed E-state index contributed by atoms with van der Waals surface area (Å²) in [6, 6.07) is 9.19. The van der Waals surface area contributed by atoms with Crippen LogP contribution in [-0.2, 0) is 33.9 Å². The number of carbonyl (C=O) groups excluding carboxylic acids is 2. The number of carbonyl (C=O) groups is 3. The normalized spacial score (nSPS) is 17.9. The van der Waals surface area contributed by atoms with Crippen LogP contribution >= 0.6 is 11.3 Å². The summed E-state index contributed by atoms with van der Waals surface area (Å²) in [6.07, 6.45) is 1.44. The molecule has 3 fully saturated rings. The van der Waals surface area contributed by atoms with E-state index in [-0.39, 0.29) is 6.47 Å². The molecule has 3 aliphatic rings. The molecule has 3 aliphatic heterocycles. The minimum atomic E-state index is -4.74. The van der Waals surface area contributed by atoms with Crippen molar-refractivity contribution in [1.82, 2.24) is 35.9 Å². The van der Waals surface area contributed by atoms with E-state index in [4.69, 9.17) is 34.7 Å². The van der Waals surface area contributed by atoms with Gasteiger partial charge in [-0.05, 0) is 75.9 Å². The monoisotopic (exact) mass is 822 g/mol. The molecule has 2 amide bonds. The maximum atomic E-state index is 11.2. The van der Waals surface area contributed by atoms with Crippen LogP contribution in [0.1, 0.15) is 32.9 Å². The molecule has 0 aliphatic carbocycles. The highest BCUT2D eigenvalue weighted by atomic mass is 32.3. The Kier molecular flexibility index (Phi) is 16.5. The third-order valence-electron chi connectivity index (χ3n) is 9.00. The Hall–Kier alpha value is -4.71. The van der Waals surface area contributed by atoms with E-state index >= 15 is 0 Å². The van der Waals surface area contributed by atoms with Gasteiger partial charge in [-0.2, -0.15) is 13.5 Å². The molecule has 1 unspecified atom stereocenters. The van der Waals surface area contributed by atoms with Crippen molar-refractivity contribution in [3.8, 4) is 5.75 Å². The lowest BCUT2D eigenvalue weighted by molar-refractivity contribution is -0.218. The summed E-state index contributed by atoms with van der Waals surface area (Å²) in [5.74, 6) is 2.57. The molecule has 8 N–H and O–H groups in total. The summed E-state index contributed by atoms with van der Waals surface area (Å²) < 4.78 is 39.0. The number of β-lactam (4-membered cyclic amide) rings is 1. The van der Waals surface area contributed by atoms with E-state index in [9.17, 15) is 18.0 Å². The molecule has 308 valence electrons. The first-order valence-electron chi connectivity index (χ1n) is 17.8. The number of nitrogen functional groups attached to an aromatic ring is 1. The van der Waals surface area contributed by atoms with Crippen LogP contribution in [0, 0.1) is 11.8 Å². The molecule has 3 aromatic rings. The largest absolute Gasteiger partial charge is 0.490 e. The SMILES string of the molecule is C/C(=N\OCCOc1ccc2nc(NCCCN(CC3CNC3)CC3CNC3)ccc2c1)c1csc(N)n1.CC1(C)C(NC=O)C(=O)N1OS(=O)(=O)O.O=CO. The van der Waals surface area contributed by atoms with Crippen LogP contribution in [0.15, 0.2) is 40.9 Å².